The third kappa shape index (κ3) is 2.53. The maximum atomic E-state index is 12.5. The van der Waals surface area contributed by atoms with E-state index in [4.69, 9.17) is 4.74 Å². The molecule has 0 aliphatic carbocycles. The van der Waals surface area contributed by atoms with Crippen LogP contribution in [0.3, 0.4) is 0 Å². The first-order valence-corrected chi connectivity index (χ1v) is 7.72. The van der Waals surface area contributed by atoms with Gasteiger partial charge in [-0.25, -0.2) is 0 Å². The van der Waals surface area contributed by atoms with E-state index in [1.165, 1.54) is 4.52 Å². The Morgan fingerprint density at radius 1 is 1.04 bits per heavy atom. The summed E-state index contributed by atoms with van der Waals surface area (Å²) in [5.41, 5.74) is 2.36. The number of aromatic nitrogens is 3. The summed E-state index contributed by atoms with van der Waals surface area (Å²) in [6, 6.07) is 18.2. The van der Waals surface area contributed by atoms with Gasteiger partial charge in [0.25, 0.3) is 5.56 Å². The maximum Gasteiger partial charge on any atom is 0.262 e. The quantitative estimate of drug-likeness (QED) is 0.604. The van der Waals surface area contributed by atoms with E-state index in [1.54, 1.807) is 37.4 Å². The number of hydrogen-bond acceptors (Lipinski definition) is 4. The molecule has 6 nitrogen and oxygen atoms in total. The molecule has 0 aliphatic rings. The summed E-state index contributed by atoms with van der Waals surface area (Å²) < 4.78 is 6.46. The molecule has 2 aromatic heterocycles. The van der Waals surface area contributed by atoms with Gasteiger partial charge in [0, 0.05) is 11.6 Å². The van der Waals surface area contributed by atoms with Crippen molar-refractivity contribution in [2.45, 2.75) is 0 Å². The fourth-order valence-electron chi connectivity index (χ4n) is 2.79. The molecule has 0 radical (unpaired) electrons. The Balaban J connectivity index is 1.90. The second kappa shape index (κ2) is 5.83. The van der Waals surface area contributed by atoms with Gasteiger partial charge >= 0.3 is 0 Å². The first kappa shape index (κ1) is 15.0. The van der Waals surface area contributed by atoms with Crippen LogP contribution in [0.25, 0.3) is 28.0 Å². The van der Waals surface area contributed by atoms with Crippen molar-refractivity contribution in [2.24, 2.45) is 0 Å². The first-order chi connectivity index (χ1) is 12.2. The standard InChI is InChI=1S/C19H15N3O3/c1-25-14-9-7-13(8-10-14)17-18(23)20-16-11-15(21-22(16)19(17)24)12-5-3-2-4-6-12/h2-11,24H,1H3,(H,20,23). The largest absolute Gasteiger partial charge is 0.497 e. The summed E-state index contributed by atoms with van der Waals surface area (Å²) in [7, 11) is 1.57. The van der Waals surface area contributed by atoms with Crippen LogP contribution >= 0.6 is 0 Å². The number of rotatable bonds is 3. The second-order valence-electron chi connectivity index (χ2n) is 5.57. The summed E-state index contributed by atoms with van der Waals surface area (Å²) in [6.07, 6.45) is 0. The SMILES string of the molecule is COc1ccc(-c2c(O)n3nc(-c4ccccc4)cc3[nH]c2=O)cc1. The molecule has 2 aromatic carbocycles. The summed E-state index contributed by atoms with van der Waals surface area (Å²) in [5, 5.41) is 15.0. The van der Waals surface area contributed by atoms with Crippen molar-refractivity contribution in [3.05, 3.63) is 71.0 Å². The molecule has 2 N–H and O–H groups in total. The van der Waals surface area contributed by atoms with Gasteiger partial charge in [-0.1, -0.05) is 42.5 Å². The van der Waals surface area contributed by atoms with Gasteiger partial charge in [-0.15, -0.1) is 0 Å². The molecule has 4 rings (SSSR count). The van der Waals surface area contributed by atoms with E-state index in [-0.39, 0.29) is 17.0 Å². The van der Waals surface area contributed by atoms with E-state index >= 15 is 0 Å². The first-order valence-electron chi connectivity index (χ1n) is 7.72. The predicted octanol–water partition coefficient (Wildman–Crippen LogP) is 3.07. The van der Waals surface area contributed by atoms with E-state index in [0.29, 0.717) is 22.7 Å². The third-order valence-electron chi connectivity index (χ3n) is 4.05. The zero-order valence-electron chi connectivity index (χ0n) is 13.4. The average molecular weight is 333 g/mol. The lowest BCUT2D eigenvalue weighted by atomic mass is 10.1. The van der Waals surface area contributed by atoms with Gasteiger partial charge in [-0.2, -0.15) is 9.61 Å². The Morgan fingerprint density at radius 3 is 2.44 bits per heavy atom. The van der Waals surface area contributed by atoms with Crippen molar-refractivity contribution >= 4 is 5.65 Å². The second-order valence-corrected chi connectivity index (χ2v) is 5.57. The van der Waals surface area contributed by atoms with Gasteiger partial charge in [-0.3, -0.25) is 4.79 Å². The van der Waals surface area contributed by atoms with Gasteiger partial charge < -0.3 is 14.8 Å². The Labute approximate surface area is 143 Å². The number of aromatic amines is 1. The van der Waals surface area contributed by atoms with Crippen LogP contribution in [0.1, 0.15) is 0 Å². The van der Waals surface area contributed by atoms with Crippen LogP contribution in [0.4, 0.5) is 0 Å². The topological polar surface area (TPSA) is 79.6 Å². The predicted molar refractivity (Wildman–Crippen MR) is 94.9 cm³/mol. The minimum absolute atomic E-state index is 0.165. The molecule has 124 valence electrons. The minimum atomic E-state index is -0.380. The highest BCUT2D eigenvalue weighted by Gasteiger charge is 2.16. The minimum Gasteiger partial charge on any atom is -0.497 e. The zero-order chi connectivity index (χ0) is 17.4. The summed E-state index contributed by atoms with van der Waals surface area (Å²) >= 11 is 0. The van der Waals surface area contributed by atoms with Crippen LogP contribution in [0, 0.1) is 0 Å². The number of benzene rings is 2. The Bertz CT molecular complexity index is 1100. The molecular weight excluding hydrogens is 318 g/mol. The number of ether oxygens (including phenoxy) is 1. The average Bonchev–Trinajstić information content (AvgIpc) is 3.07. The smallest absolute Gasteiger partial charge is 0.262 e. The highest BCUT2D eigenvalue weighted by Crippen LogP contribution is 2.28. The molecule has 0 bridgehead atoms. The van der Waals surface area contributed by atoms with Crippen LogP contribution in [0.2, 0.25) is 0 Å². The molecular formula is C19H15N3O3. The van der Waals surface area contributed by atoms with Crippen molar-refractivity contribution in [3.63, 3.8) is 0 Å². The number of H-pyrrole nitrogens is 1. The van der Waals surface area contributed by atoms with Crippen molar-refractivity contribution in [1.29, 1.82) is 0 Å². The highest BCUT2D eigenvalue weighted by atomic mass is 16.5. The molecule has 0 saturated carbocycles. The van der Waals surface area contributed by atoms with Gasteiger partial charge in [0.05, 0.1) is 12.8 Å². The zero-order valence-corrected chi connectivity index (χ0v) is 13.4. The molecule has 0 amide bonds. The van der Waals surface area contributed by atoms with Crippen LogP contribution < -0.4 is 10.3 Å². The molecule has 4 aromatic rings. The summed E-state index contributed by atoms with van der Waals surface area (Å²) in [6.45, 7) is 0. The lowest BCUT2D eigenvalue weighted by molar-refractivity contribution is 0.415. The number of nitrogens with one attached hydrogen (secondary N) is 1. The fourth-order valence-corrected chi connectivity index (χ4v) is 2.79. The van der Waals surface area contributed by atoms with Crippen LogP contribution in [0.5, 0.6) is 11.6 Å². The Morgan fingerprint density at radius 2 is 1.76 bits per heavy atom. The molecule has 0 aliphatic heterocycles. The summed E-state index contributed by atoms with van der Waals surface area (Å²) in [5.74, 6) is 0.470. The van der Waals surface area contributed by atoms with Gasteiger partial charge in [0.2, 0.25) is 5.88 Å². The molecule has 0 unspecified atom stereocenters. The lowest BCUT2D eigenvalue weighted by Crippen LogP contribution is -2.12. The van der Waals surface area contributed by atoms with E-state index in [0.717, 1.165) is 5.56 Å². The molecule has 25 heavy (non-hydrogen) atoms. The van der Waals surface area contributed by atoms with Crippen molar-refractivity contribution in [2.75, 3.05) is 7.11 Å². The van der Waals surface area contributed by atoms with E-state index < -0.39 is 0 Å². The molecule has 0 atom stereocenters. The number of fused-ring (bicyclic) bond motifs is 1. The molecule has 0 saturated heterocycles. The molecule has 6 heteroatoms. The third-order valence-corrected chi connectivity index (χ3v) is 4.05. The number of methoxy groups -OCH3 is 1. The Kier molecular flexibility index (Phi) is 3.50. The van der Waals surface area contributed by atoms with E-state index in [2.05, 4.69) is 10.1 Å². The van der Waals surface area contributed by atoms with Crippen LogP contribution in [0.15, 0.2) is 65.5 Å². The van der Waals surface area contributed by atoms with Crippen molar-refractivity contribution < 1.29 is 9.84 Å². The molecule has 0 fully saturated rings. The highest BCUT2D eigenvalue weighted by molar-refractivity contribution is 5.71. The van der Waals surface area contributed by atoms with Crippen LogP contribution in [-0.2, 0) is 0 Å². The monoisotopic (exact) mass is 333 g/mol. The van der Waals surface area contributed by atoms with Crippen molar-refractivity contribution in [1.82, 2.24) is 14.6 Å². The molecule has 2 heterocycles. The number of hydrogen-bond donors (Lipinski definition) is 2. The summed E-state index contributed by atoms with van der Waals surface area (Å²) in [4.78, 5) is 15.2. The normalized spacial score (nSPS) is 10.9. The number of aromatic hydroxyl groups is 1. The van der Waals surface area contributed by atoms with Crippen LogP contribution in [-0.4, -0.2) is 26.8 Å². The van der Waals surface area contributed by atoms with Gasteiger partial charge in [0.1, 0.15) is 17.0 Å². The lowest BCUT2D eigenvalue weighted by Gasteiger charge is -2.06. The fraction of sp³-hybridized carbons (Fsp3) is 0.0526. The number of nitrogens with zero attached hydrogens (tertiary/aromatic N) is 2. The maximum absolute atomic E-state index is 12.5. The Hall–Kier alpha value is -3.54. The van der Waals surface area contributed by atoms with E-state index in [9.17, 15) is 9.90 Å². The van der Waals surface area contributed by atoms with Crippen molar-refractivity contribution in [3.8, 4) is 34.0 Å². The van der Waals surface area contributed by atoms with Gasteiger partial charge in [0.15, 0.2) is 0 Å². The van der Waals surface area contributed by atoms with E-state index in [1.807, 2.05) is 30.3 Å². The van der Waals surface area contributed by atoms with Gasteiger partial charge in [-0.05, 0) is 17.7 Å². The molecule has 0 spiro atoms.